The van der Waals surface area contributed by atoms with Gasteiger partial charge in [-0.15, -0.1) is 10.2 Å². The molecule has 8 heteroatoms. The fourth-order valence-electron chi connectivity index (χ4n) is 6.54. The van der Waals surface area contributed by atoms with E-state index in [4.69, 9.17) is 11.6 Å². The number of hydrogen-bond acceptors (Lipinski definition) is 4. The van der Waals surface area contributed by atoms with Crippen LogP contribution in [0.3, 0.4) is 0 Å². The highest BCUT2D eigenvalue weighted by molar-refractivity contribution is 6.31. The van der Waals surface area contributed by atoms with Crippen molar-refractivity contribution in [2.24, 2.45) is 5.41 Å². The van der Waals surface area contributed by atoms with Crippen LogP contribution in [0.25, 0.3) is 16.8 Å². The summed E-state index contributed by atoms with van der Waals surface area (Å²) in [5.74, 6) is 0.979. The zero-order chi connectivity index (χ0) is 20.1. The molecular formula is C22H19ClN6O. The summed E-state index contributed by atoms with van der Waals surface area (Å²) in [6.07, 6.45) is 8.84. The molecule has 1 amide bonds. The van der Waals surface area contributed by atoms with Crippen LogP contribution in [-0.2, 0) is 5.41 Å². The molecule has 1 spiro atoms. The van der Waals surface area contributed by atoms with Gasteiger partial charge in [-0.1, -0.05) is 17.7 Å². The summed E-state index contributed by atoms with van der Waals surface area (Å²) in [5.41, 5.74) is 3.11. The number of rotatable bonds is 3. The number of aromatic amines is 1. The van der Waals surface area contributed by atoms with Crippen LogP contribution in [0.4, 0.5) is 0 Å². The Morgan fingerprint density at radius 1 is 1.17 bits per heavy atom. The van der Waals surface area contributed by atoms with Crippen molar-refractivity contribution >= 4 is 34.3 Å². The van der Waals surface area contributed by atoms with Crippen LogP contribution in [0.2, 0.25) is 5.02 Å². The lowest BCUT2D eigenvalue weighted by atomic mass is 9.57. The monoisotopic (exact) mass is 418 g/mol. The molecule has 3 heterocycles. The van der Waals surface area contributed by atoms with Crippen LogP contribution < -0.4 is 5.32 Å². The Morgan fingerprint density at radius 3 is 2.90 bits per heavy atom. The molecule has 3 atom stereocenters. The molecule has 7 nitrogen and oxygen atoms in total. The van der Waals surface area contributed by atoms with Crippen molar-refractivity contribution in [1.82, 2.24) is 29.9 Å². The molecule has 0 saturated heterocycles. The lowest BCUT2D eigenvalue weighted by molar-refractivity contribution is 0.0804. The van der Waals surface area contributed by atoms with Crippen LogP contribution >= 0.6 is 11.6 Å². The lowest BCUT2D eigenvalue weighted by Crippen LogP contribution is -2.50. The van der Waals surface area contributed by atoms with Crippen molar-refractivity contribution < 1.29 is 4.79 Å². The summed E-state index contributed by atoms with van der Waals surface area (Å²) in [6.45, 7) is 0. The van der Waals surface area contributed by atoms with Crippen molar-refractivity contribution in [3.63, 3.8) is 0 Å². The zero-order valence-corrected chi connectivity index (χ0v) is 16.9. The van der Waals surface area contributed by atoms with Gasteiger partial charge in [0.1, 0.15) is 5.82 Å². The molecule has 150 valence electrons. The molecule has 3 saturated carbocycles. The van der Waals surface area contributed by atoms with Crippen LogP contribution in [-0.4, -0.2) is 36.0 Å². The number of H-pyrrole nitrogens is 1. The molecule has 30 heavy (non-hydrogen) atoms. The zero-order valence-electron chi connectivity index (χ0n) is 16.2. The van der Waals surface area contributed by atoms with Crippen molar-refractivity contribution in [2.45, 2.75) is 43.1 Å². The van der Waals surface area contributed by atoms with Gasteiger partial charge in [-0.25, -0.2) is 4.98 Å². The molecule has 3 aliphatic carbocycles. The summed E-state index contributed by atoms with van der Waals surface area (Å²) >= 11 is 6.09. The standard InChI is InChI=1S/C22H19ClN6O/c23-14-3-1-2-13(10-14)18(30)26-22-8-6-20(5-7-21(20,22)12-22)19-28-27-16-11-25-17-15(29(16)19)4-9-24-17/h1-4,9-11,24H,5-8,12H2,(H,26,30). The highest BCUT2D eigenvalue weighted by Crippen LogP contribution is 2.83. The van der Waals surface area contributed by atoms with E-state index >= 15 is 0 Å². The third kappa shape index (κ3) is 1.79. The van der Waals surface area contributed by atoms with Crippen LogP contribution in [0.1, 0.15) is 48.3 Å². The predicted octanol–water partition coefficient (Wildman–Crippen LogP) is 3.64. The van der Waals surface area contributed by atoms with E-state index in [2.05, 4.69) is 29.9 Å². The summed E-state index contributed by atoms with van der Waals surface area (Å²) in [5, 5.41) is 13.1. The predicted molar refractivity (Wildman–Crippen MR) is 111 cm³/mol. The summed E-state index contributed by atoms with van der Waals surface area (Å²) in [7, 11) is 0. The van der Waals surface area contributed by atoms with Gasteiger partial charge < -0.3 is 10.3 Å². The molecule has 4 aromatic rings. The molecule has 1 aromatic carbocycles. The number of amides is 1. The Hall–Kier alpha value is -2.93. The van der Waals surface area contributed by atoms with E-state index in [9.17, 15) is 4.79 Å². The van der Waals surface area contributed by atoms with Gasteiger partial charge in [-0.2, -0.15) is 0 Å². The molecule has 2 N–H and O–H groups in total. The number of benzene rings is 1. The van der Waals surface area contributed by atoms with Crippen LogP contribution in [0, 0.1) is 5.41 Å². The average Bonchev–Trinajstić information content (AvgIpc) is 3.02. The fraction of sp³-hybridized carbons (Fsp3) is 0.364. The van der Waals surface area contributed by atoms with E-state index in [0.29, 0.717) is 10.6 Å². The van der Waals surface area contributed by atoms with E-state index in [1.54, 1.807) is 18.3 Å². The van der Waals surface area contributed by atoms with Crippen LogP contribution in [0.15, 0.2) is 42.7 Å². The first-order chi connectivity index (χ1) is 14.6. The Bertz CT molecular complexity index is 1370. The number of nitrogens with zero attached hydrogens (tertiary/aromatic N) is 4. The minimum Gasteiger partial charge on any atom is -0.346 e. The van der Waals surface area contributed by atoms with Gasteiger partial charge in [0.05, 0.1) is 11.7 Å². The van der Waals surface area contributed by atoms with Gasteiger partial charge in [0.15, 0.2) is 11.3 Å². The van der Waals surface area contributed by atoms with Gasteiger partial charge in [-0.3, -0.25) is 9.20 Å². The van der Waals surface area contributed by atoms with Crippen LogP contribution in [0.5, 0.6) is 0 Å². The summed E-state index contributed by atoms with van der Waals surface area (Å²) < 4.78 is 2.16. The molecule has 3 unspecified atom stereocenters. The highest BCUT2D eigenvalue weighted by Gasteiger charge is 2.85. The maximum Gasteiger partial charge on any atom is 0.251 e. The second kappa shape index (κ2) is 5.21. The first-order valence-electron chi connectivity index (χ1n) is 10.3. The summed E-state index contributed by atoms with van der Waals surface area (Å²) in [4.78, 5) is 20.6. The number of aromatic nitrogens is 5. The normalized spacial score (nSPS) is 31.4. The number of nitrogens with one attached hydrogen (secondary N) is 2. The molecule has 0 aliphatic heterocycles. The molecule has 0 radical (unpaired) electrons. The SMILES string of the molecule is O=C(NC12CCC3(c4nnc5cnc6[nH]ccc6n45)CCC13C2)c1cccc(Cl)c1. The average molecular weight is 419 g/mol. The number of fused-ring (bicyclic) bond motifs is 3. The van der Waals surface area contributed by atoms with Gasteiger partial charge in [0.25, 0.3) is 5.91 Å². The fourth-order valence-corrected chi connectivity index (χ4v) is 6.73. The van der Waals surface area contributed by atoms with E-state index in [1.165, 1.54) is 0 Å². The lowest BCUT2D eigenvalue weighted by Gasteiger charge is -2.47. The number of carbonyl (C=O) groups excluding carboxylic acids is 1. The molecule has 3 aliphatic rings. The maximum absolute atomic E-state index is 13.0. The van der Waals surface area contributed by atoms with Crippen molar-refractivity contribution in [3.8, 4) is 0 Å². The third-order valence-corrected chi connectivity index (χ3v) is 8.31. The molecule has 0 bridgehead atoms. The van der Waals surface area contributed by atoms with E-state index < -0.39 is 0 Å². The Labute approximate surface area is 176 Å². The molecule has 7 rings (SSSR count). The Kier molecular flexibility index (Phi) is 2.92. The number of carbonyl (C=O) groups is 1. The second-order valence-electron chi connectivity index (χ2n) is 9.07. The highest BCUT2D eigenvalue weighted by atomic mass is 35.5. The second-order valence-corrected chi connectivity index (χ2v) is 9.51. The largest absolute Gasteiger partial charge is 0.346 e. The van der Waals surface area contributed by atoms with E-state index in [0.717, 1.165) is 54.7 Å². The quantitative estimate of drug-likeness (QED) is 0.531. The van der Waals surface area contributed by atoms with E-state index in [1.807, 2.05) is 24.4 Å². The minimum absolute atomic E-state index is 0.0413. The van der Waals surface area contributed by atoms with Crippen molar-refractivity contribution in [3.05, 3.63) is 59.1 Å². The Morgan fingerprint density at radius 2 is 2.07 bits per heavy atom. The first kappa shape index (κ1) is 16.8. The summed E-state index contributed by atoms with van der Waals surface area (Å²) in [6, 6.07) is 9.18. The van der Waals surface area contributed by atoms with Gasteiger partial charge >= 0.3 is 0 Å². The number of hydrogen-bond donors (Lipinski definition) is 2. The maximum atomic E-state index is 13.0. The van der Waals surface area contributed by atoms with Crippen molar-refractivity contribution in [2.75, 3.05) is 0 Å². The smallest absolute Gasteiger partial charge is 0.251 e. The van der Waals surface area contributed by atoms with Gasteiger partial charge in [0, 0.05) is 33.2 Å². The molecule has 3 fully saturated rings. The van der Waals surface area contributed by atoms with E-state index in [-0.39, 0.29) is 22.3 Å². The molecule has 3 aromatic heterocycles. The number of halogens is 1. The third-order valence-electron chi connectivity index (χ3n) is 8.08. The Balaban J connectivity index is 1.29. The topological polar surface area (TPSA) is 88.0 Å². The molecular weight excluding hydrogens is 400 g/mol. The van der Waals surface area contributed by atoms with Gasteiger partial charge in [-0.05, 0) is 56.4 Å². The van der Waals surface area contributed by atoms with Crippen molar-refractivity contribution in [1.29, 1.82) is 0 Å². The van der Waals surface area contributed by atoms with Gasteiger partial charge in [0.2, 0.25) is 0 Å². The minimum atomic E-state index is -0.152. The first-order valence-corrected chi connectivity index (χ1v) is 10.7.